The predicted molar refractivity (Wildman–Crippen MR) is 90.3 cm³/mol. The number of hydrogen-bond donors (Lipinski definition) is 0. The molecule has 120 valence electrons. The van der Waals surface area contributed by atoms with Crippen LogP contribution in [0.25, 0.3) is 0 Å². The minimum absolute atomic E-state index is 0.0447. The monoisotopic (exact) mass is 376 g/mol. The number of halogens is 2. The second kappa shape index (κ2) is 5.79. The van der Waals surface area contributed by atoms with E-state index in [-0.39, 0.29) is 4.90 Å². The smallest absolute Gasteiger partial charge is 0.184 e. The van der Waals surface area contributed by atoms with Crippen LogP contribution in [0, 0.1) is 28.1 Å². The van der Waals surface area contributed by atoms with Gasteiger partial charge in [0.25, 0.3) is 0 Å². The molecule has 4 nitrogen and oxygen atoms in total. The summed E-state index contributed by atoms with van der Waals surface area (Å²) in [6.45, 7) is 0. The Morgan fingerprint density at radius 2 is 1.33 bits per heavy atom. The van der Waals surface area contributed by atoms with Gasteiger partial charge in [-0.3, -0.25) is 0 Å². The second-order valence-electron chi connectivity index (χ2n) is 5.54. The molecule has 0 aromatic heterocycles. The van der Waals surface area contributed by atoms with E-state index in [0.717, 1.165) is 0 Å². The van der Waals surface area contributed by atoms with Gasteiger partial charge in [0.05, 0.1) is 17.0 Å². The molecule has 0 aliphatic heterocycles. The van der Waals surface area contributed by atoms with Gasteiger partial charge in [-0.1, -0.05) is 35.3 Å². The van der Waals surface area contributed by atoms with Crippen molar-refractivity contribution in [3.63, 3.8) is 0 Å². The lowest BCUT2D eigenvalue weighted by Gasteiger charge is -2.04. The highest BCUT2D eigenvalue weighted by molar-refractivity contribution is 7.92. The molecule has 1 saturated carbocycles. The Hall–Kier alpha value is -2.05. The van der Waals surface area contributed by atoms with E-state index in [1.54, 1.807) is 24.3 Å². The average Bonchev–Trinajstić information content (AvgIpc) is 3.26. The fourth-order valence-corrected chi connectivity index (χ4v) is 5.40. The summed E-state index contributed by atoms with van der Waals surface area (Å²) in [5, 5.41) is 18.7. The fourth-order valence-electron chi connectivity index (χ4n) is 2.95. The topological polar surface area (TPSA) is 81.7 Å². The molecule has 0 amide bonds. The van der Waals surface area contributed by atoms with Crippen molar-refractivity contribution in [2.75, 3.05) is 0 Å². The van der Waals surface area contributed by atoms with Gasteiger partial charge >= 0.3 is 0 Å². The first-order chi connectivity index (χ1) is 11.4. The van der Waals surface area contributed by atoms with Crippen molar-refractivity contribution in [3.05, 3.63) is 64.1 Å². The van der Waals surface area contributed by atoms with Crippen LogP contribution in [0.1, 0.15) is 11.5 Å². The Kier molecular flexibility index (Phi) is 4.05. The number of hydrogen-bond acceptors (Lipinski definition) is 4. The van der Waals surface area contributed by atoms with Crippen LogP contribution in [0.5, 0.6) is 0 Å². The number of nitriles is 2. The van der Waals surface area contributed by atoms with Crippen LogP contribution in [0.4, 0.5) is 0 Å². The van der Waals surface area contributed by atoms with E-state index in [1.165, 1.54) is 24.3 Å². The summed E-state index contributed by atoms with van der Waals surface area (Å²) in [6.07, 6.45) is 0. The number of rotatable bonds is 3. The van der Waals surface area contributed by atoms with E-state index in [9.17, 15) is 18.9 Å². The molecule has 0 saturated heterocycles. The minimum atomic E-state index is -3.86. The molecule has 2 atom stereocenters. The first kappa shape index (κ1) is 16.8. The Bertz CT molecular complexity index is 957. The molecule has 1 aliphatic rings. The van der Waals surface area contributed by atoms with Crippen molar-refractivity contribution >= 4 is 33.0 Å². The van der Waals surface area contributed by atoms with Gasteiger partial charge in [0.1, 0.15) is 5.25 Å². The maximum absolute atomic E-state index is 12.9. The third-order valence-electron chi connectivity index (χ3n) is 4.21. The van der Waals surface area contributed by atoms with Crippen molar-refractivity contribution in [3.8, 4) is 12.1 Å². The van der Waals surface area contributed by atoms with Gasteiger partial charge in [-0.05, 0) is 42.0 Å². The number of nitrogens with zero attached hydrogens (tertiary/aromatic N) is 2. The SMILES string of the molecule is N#CC1(C#N)[C@H](c2ccc(Cl)cc2)[C@@H]1S(=O)(=O)c1ccc(Cl)cc1. The van der Waals surface area contributed by atoms with E-state index in [0.29, 0.717) is 15.6 Å². The minimum Gasteiger partial charge on any atom is -0.223 e. The molecule has 7 heteroatoms. The predicted octanol–water partition coefficient (Wildman–Crippen LogP) is 3.97. The lowest BCUT2D eigenvalue weighted by atomic mass is 10.0. The summed E-state index contributed by atoms with van der Waals surface area (Å²) in [5.74, 6) is -0.717. The van der Waals surface area contributed by atoms with Crippen molar-refractivity contribution in [2.45, 2.75) is 16.1 Å². The molecule has 2 aromatic rings. The highest BCUT2D eigenvalue weighted by Crippen LogP contribution is 2.63. The van der Waals surface area contributed by atoms with Crippen LogP contribution in [0.2, 0.25) is 10.0 Å². The molecule has 0 spiro atoms. The van der Waals surface area contributed by atoms with Gasteiger partial charge < -0.3 is 0 Å². The Labute approximate surface area is 149 Å². The lowest BCUT2D eigenvalue weighted by molar-refractivity contribution is 0.591. The van der Waals surface area contributed by atoms with Crippen molar-refractivity contribution in [1.29, 1.82) is 10.5 Å². The standard InChI is InChI=1S/C17H10Cl2N2O2S/c18-12-3-1-11(2-4-12)15-16(17(15,9-20)10-21)24(22,23)14-7-5-13(19)6-8-14/h1-8,15-16H/t15-,16+/m1/s1. The average molecular weight is 377 g/mol. The van der Waals surface area contributed by atoms with E-state index in [1.807, 2.05) is 12.1 Å². The Balaban J connectivity index is 2.09. The first-order valence-electron chi connectivity index (χ1n) is 6.94. The van der Waals surface area contributed by atoms with Crippen LogP contribution in [-0.2, 0) is 9.84 Å². The van der Waals surface area contributed by atoms with Crippen LogP contribution >= 0.6 is 23.2 Å². The summed E-state index contributed by atoms with van der Waals surface area (Å²) in [7, 11) is -3.86. The molecule has 0 N–H and O–H groups in total. The zero-order valence-corrected chi connectivity index (χ0v) is 14.5. The van der Waals surface area contributed by atoms with E-state index in [4.69, 9.17) is 23.2 Å². The zero-order valence-electron chi connectivity index (χ0n) is 12.1. The molecule has 0 unspecified atom stereocenters. The van der Waals surface area contributed by atoms with E-state index < -0.39 is 26.4 Å². The molecule has 0 radical (unpaired) electrons. The van der Waals surface area contributed by atoms with Gasteiger partial charge in [0.2, 0.25) is 0 Å². The van der Waals surface area contributed by atoms with Gasteiger partial charge in [-0.25, -0.2) is 8.42 Å². The molecular formula is C17H10Cl2N2O2S. The second-order valence-corrected chi connectivity index (χ2v) is 8.48. The van der Waals surface area contributed by atoms with E-state index >= 15 is 0 Å². The largest absolute Gasteiger partial charge is 0.223 e. The van der Waals surface area contributed by atoms with Crippen LogP contribution in [-0.4, -0.2) is 13.7 Å². The van der Waals surface area contributed by atoms with Crippen LogP contribution in [0.3, 0.4) is 0 Å². The Morgan fingerprint density at radius 1 is 0.875 bits per heavy atom. The quantitative estimate of drug-likeness (QED) is 0.811. The van der Waals surface area contributed by atoms with E-state index in [2.05, 4.69) is 0 Å². The molecule has 2 aromatic carbocycles. The summed E-state index contributed by atoms with van der Waals surface area (Å²) in [5.41, 5.74) is -1.00. The maximum Gasteiger partial charge on any atom is 0.184 e. The maximum atomic E-state index is 12.9. The summed E-state index contributed by atoms with van der Waals surface area (Å²) in [4.78, 5) is 0.0447. The molecule has 0 heterocycles. The van der Waals surface area contributed by atoms with Crippen LogP contribution in [0.15, 0.2) is 53.4 Å². The lowest BCUT2D eigenvalue weighted by Crippen LogP contribution is -2.14. The van der Waals surface area contributed by atoms with Gasteiger partial charge in [-0.15, -0.1) is 0 Å². The van der Waals surface area contributed by atoms with Crippen molar-refractivity contribution in [1.82, 2.24) is 0 Å². The zero-order chi connectivity index (χ0) is 17.5. The summed E-state index contributed by atoms with van der Waals surface area (Å²) < 4.78 is 25.8. The molecular weight excluding hydrogens is 367 g/mol. The van der Waals surface area contributed by atoms with Crippen LogP contribution < -0.4 is 0 Å². The molecule has 1 aliphatic carbocycles. The molecule has 1 fully saturated rings. The van der Waals surface area contributed by atoms with Crippen molar-refractivity contribution < 1.29 is 8.42 Å². The van der Waals surface area contributed by atoms with Crippen molar-refractivity contribution in [2.24, 2.45) is 5.41 Å². The molecule has 0 bridgehead atoms. The molecule has 24 heavy (non-hydrogen) atoms. The highest BCUT2D eigenvalue weighted by Gasteiger charge is 2.73. The molecule has 3 rings (SSSR count). The third kappa shape index (κ3) is 2.46. The van der Waals surface area contributed by atoms with Gasteiger partial charge in [0.15, 0.2) is 15.3 Å². The summed E-state index contributed by atoms with van der Waals surface area (Å²) >= 11 is 11.6. The number of benzene rings is 2. The summed E-state index contributed by atoms with van der Waals surface area (Å²) in [6, 6.07) is 16.0. The first-order valence-corrected chi connectivity index (χ1v) is 9.24. The highest BCUT2D eigenvalue weighted by atomic mass is 35.5. The normalized spacial score (nSPS) is 21.5. The third-order valence-corrected chi connectivity index (χ3v) is 6.95. The Morgan fingerprint density at radius 3 is 1.79 bits per heavy atom. The fraction of sp³-hybridized carbons (Fsp3) is 0.176. The van der Waals surface area contributed by atoms with Gasteiger partial charge in [0, 0.05) is 16.0 Å². The number of sulfone groups is 1. The van der Waals surface area contributed by atoms with Gasteiger partial charge in [-0.2, -0.15) is 10.5 Å².